The van der Waals surface area contributed by atoms with Crippen molar-refractivity contribution in [2.75, 3.05) is 19.1 Å². The van der Waals surface area contributed by atoms with E-state index in [0.717, 1.165) is 18.6 Å². The summed E-state index contributed by atoms with van der Waals surface area (Å²) in [6.07, 6.45) is 3.71. The van der Waals surface area contributed by atoms with Gasteiger partial charge in [-0.15, -0.1) is 0 Å². The molecule has 0 fully saturated rings. The van der Waals surface area contributed by atoms with Gasteiger partial charge in [0.25, 0.3) is 0 Å². The molecule has 0 unspecified atom stereocenters. The minimum atomic E-state index is -0.353. The molecule has 3 nitrogen and oxygen atoms in total. The van der Waals surface area contributed by atoms with Crippen molar-refractivity contribution in [1.29, 1.82) is 0 Å². The third kappa shape index (κ3) is 4.43. The zero-order valence-corrected chi connectivity index (χ0v) is 11.4. The van der Waals surface area contributed by atoms with Crippen LogP contribution in [0.1, 0.15) is 33.6 Å². The van der Waals surface area contributed by atoms with Gasteiger partial charge in [0.1, 0.15) is 0 Å². The van der Waals surface area contributed by atoms with E-state index >= 15 is 0 Å². The number of hydrogen-bond acceptors (Lipinski definition) is 3. The number of rotatable bonds is 6. The minimum absolute atomic E-state index is 0.0518. The van der Waals surface area contributed by atoms with Crippen molar-refractivity contribution in [3.05, 3.63) is 0 Å². The van der Waals surface area contributed by atoms with Crippen LogP contribution in [-0.4, -0.2) is 41.4 Å². The molecule has 0 aliphatic carbocycles. The highest BCUT2D eigenvalue weighted by molar-refractivity contribution is 7.98. The fourth-order valence-corrected chi connectivity index (χ4v) is 1.64. The van der Waals surface area contributed by atoms with Crippen molar-refractivity contribution in [2.45, 2.75) is 45.2 Å². The van der Waals surface area contributed by atoms with Gasteiger partial charge in [-0.25, -0.2) is 0 Å². The lowest BCUT2D eigenvalue weighted by atomic mass is 9.99. The van der Waals surface area contributed by atoms with E-state index in [1.165, 1.54) is 0 Å². The highest BCUT2D eigenvalue weighted by atomic mass is 32.2. The molecule has 0 bridgehead atoms. The average Bonchev–Trinajstić information content (AvgIpc) is 2.23. The van der Waals surface area contributed by atoms with Crippen LogP contribution in [-0.2, 0) is 4.79 Å². The summed E-state index contributed by atoms with van der Waals surface area (Å²) in [7, 11) is 1.84. The summed E-state index contributed by atoms with van der Waals surface area (Å²) < 4.78 is 0. The predicted molar refractivity (Wildman–Crippen MR) is 68.1 cm³/mol. The van der Waals surface area contributed by atoms with E-state index in [2.05, 4.69) is 20.8 Å². The Bertz CT molecular complexity index is 207. The van der Waals surface area contributed by atoms with Crippen molar-refractivity contribution in [3.8, 4) is 0 Å². The second-order valence-corrected chi connectivity index (χ2v) is 5.44. The number of carbonyl (C=O) groups excluding carboxylic acids is 1. The fraction of sp³-hybridized carbons (Fsp3) is 0.909. The number of carbonyl (C=O) groups is 1. The molecule has 0 aliphatic rings. The summed E-state index contributed by atoms with van der Waals surface area (Å²) in [6.45, 7) is 6.20. The van der Waals surface area contributed by atoms with Crippen molar-refractivity contribution < 1.29 is 4.79 Å². The molecular formula is C11H24N2OS. The van der Waals surface area contributed by atoms with Crippen LogP contribution in [0.3, 0.4) is 0 Å². The largest absolute Gasteiger partial charge is 0.339 e. The summed E-state index contributed by atoms with van der Waals surface area (Å²) in [5.74, 6) is 0.990. The van der Waals surface area contributed by atoms with E-state index in [-0.39, 0.29) is 17.5 Å². The summed E-state index contributed by atoms with van der Waals surface area (Å²) in [5, 5.41) is 0. The molecule has 0 aromatic rings. The summed E-state index contributed by atoms with van der Waals surface area (Å²) in [4.78, 5) is 13.7. The Kier molecular flexibility index (Phi) is 6.29. The maximum atomic E-state index is 11.9. The lowest BCUT2D eigenvalue weighted by Crippen LogP contribution is -2.51. The predicted octanol–water partition coefficient (Wildman–Crippen LogP) is 1.71. The molecule has 15 heavy (non-hydrogen) atoms. The summed E-state index contributed by atoms with van der Waals surface area (Å²) >= 11 is 1.72. The van der Waals surface area contributed by atoms with Gasteiger partial charge >= 0.3 is 0 Å². The smallest absolute Gasteiger partial charge is 0.239 e. The van der Waals surface area contributed by atoms with Crippen molar-refractivity contribution >= 4 is 17.7 Å². The van der Waals surface area contributed by atoms with Crippen LogP contribution in [0.4, 0.5) is 0 Å². The molecule has 0 spiro atoms. The molecule has 0 rings (SSSR count). The number of thioether (sulfide) groups is 1. The Morgan fingerprint density at radius 1 is 1.53 bits per heavy atom. The van der Waals surface area contributed by atoms with Gasteiger partial charge in [0, 0.05) is 12.6 Å². The van der Waals surface area contributed by atoms with Gasteiger partial charge in [-0.2, -0.15) is 11.8 Å². The van der Waals surface area contributed by atoms with Crippen LogP contribution in [0.25, 0.3) is 0 Å². The quantitative estimate of drug-likeness (QED) is 0.758. The highest BCUT2D eigenvalue weighted by Gasteiger charge is 2.28. The second-order valence-electron chi connectivity index (χ2n) is 4.45. The van der Waals surface area contributed by atoms with Crippen LogP contribution in [0.15, 0.2) is 0 Å². The van der Waals surface area contributed by atoms with E-state index in [4.69, 9.17) is 5.73 Å². The Hall–Kier alpha value is -0.220. The van der Waals surface area contributed by atoms with Crippen molar-refractivity contribution in [3.63, 3.8) is 0 Å². The first-order valence-electron chi connectivity index (χ1n) is 5.39. The van der Waals surface area contributed by atoms with Gasteiger partial charge in [0.05, 0.1) is 6.04 Å². The number of likely N-dealkylation sites (N-methyl/N-ethyl adjacent to an activating group) is 1. The Morgan fingerprint density at radius 2 is 2.07 bits per heavy atom. The number of nitrogens with zero attached hydrogens (tertiary/aromatic N) is 1. The third-order valence-corrected chi connectivity index (χ3v) is 3.70. The summed E-state index contributed by atoms with van der Waals surface area (Å²) in [6, 6.07) is -0.353. The molecule has 0 saturated heterocycles. The van der Waals surface area contributed by atoms with Crippen molar-refractivity contribution in [2.24, 2.45) is 5.73 Å². The van der Waals surface area contributed by atoms with Gasteiger partial charge in [-0.1, -0.05) is 6.92 Å². The molecule has 1 amide bonds. The van der Waals surface area contributed by atoms with E-state index < -0.39 is 0 Å². The lowest BCUT2D eigenvalue weighted by molar-refractivity contribution is -0.136. The number of amides is 1. The molecule has 0 aromatic heterocycles. The van der Waals surface area contributed by atoms with Gasteiger partial charge < -0.3 is 10.6 Å². The first-order valence-corrected chi connectivity index (χ1v) is 6.78. The van der Waals surface area contributed by atoms with E-state index in [1.807, 2.05) is 13.3 Å². The number of nitrogens with two attached hydrogens (primary N) is 1. The molecule has 90 valence electrons. The molecule has 0 aromatic carbocycles. The monoisotopic (exact) mass is 232 g/mol. The molecule has 1 atom stereocenters. The SMILES string of the molecule is CCC(C)(C)N(C)C(=O)[C@@H](N)CCSC. The van der Waals surface area contributed by atoms with Crippen molar-refractivity contribution in [1.82, 2.24) is 4.90 Å². The standard InChI is InChI=1S/C11H24N2OS/c1-6-11(2,3)13(4)10(14)9(12)7-8-15-5/h9H,6-8,12H2,1-5H3/t9-/m0/s1. The molecule has 0 aliphatic heterocycles. The average molecular weight is 232 g/mol. The zero-order chi connectivity index (χ0) is 12.1. The first-order chi connectivity index (χ1) is 6.86. The van der Waals surface area contributed by atoms with E-state index in [0.29, 0.717) is 0 Å². The zero-order valence-electron chi connectivity index (χ0n) is 10.5. The molecule has 2 N–H and O–H groups in total. The summed E-state index contributed by atoms with van der Waals surface area (Å²) in [5.41, 5.74) is 5.75. The molecule has 0 radical (unpaired) electrons. The van der Waals surface area contributed by atoms with Gasteiger partial charge in [0.15, 0.2) is 0 Å². The maximum Gasteiger partial charge on any atom is 0.239 e. The lowest BCUT2D eigenvalue weighted by Gasteiger charge is -2.36. The molecule has 0 heterocycles. The van der Waals surface area contributed by atoms with Gasteiger partial charge in [0.2, 0.25) is 5.91 Å². The Morgan fingerprint density at radius 3 is 2.47 bits per heavy atom. The van der Waals surface area contributed by atoms with E-state index in [1.54, 1.807) is 16.7 Å². The van der Waals surface area contributed by atoms with Gasteiger partial charge in [-0.05, 0) is 38.7 Å². The first kappa shape index (κ1) is 14.8. The van der Waals surface area contributed by atoms with Gasteiger partial charge in [-0.3, -0.25) is 4.79 Å². The van der Waals surface area contributed by atoms with E-state index in [9.17, 15) is 4.79 Å². The topological polar surface area (TPSA) is 46.3 Å². The van der Waals surface area contributed by atoms with Crippen LogP contribution in [0.2, 0.25) is 0 Å². The normalized spacial score (nSPS) is 13.7. The molecule has 4 heteroatoms. The van der Waals surface area contributed by atoms with Crippen LogP contribution >= 0.6 is 11.8 Å². The Balaban J connectivity index is 4.31. The Labute approximate surface area is 97.8 Å². The van der Waals surface area contributed by atoms with Crippen LogP contribution in [0, 0.1) is 0 Å². The fourth-order valence-electron chi connectivity index (χ4n) is 1.15. The minimum Gasteiger partial charge on any atom is -0.339 e. The maximum absolute atomic E-state index is 11.9. The van der Waals surface area contributed by atoms with Crippen LogP contribution < -0.4 is 5.73 Å². The second kappa shape index (κ2) is 6.38. The van der Waals surface area contributed by atoms with Crippen LogP contribution in [0.5, 0.6) is 0 Å². The molecular weight excluding hydrogens is 208 g/mol. The molecule has 0 saturated carbocycles. The third-order valence-electron chi connectivity index (χ3n) is 3.05. The highest BCUT2D eigenvalue weighted by Crippen LogP contribution is 2.17. The number of hydrogen-bond donors (Lipinski definition) is 1.